The monoisotopic (exact) mass is 396 g/mol. The molecule has 4 aliphatic rings. The average molecular weight is 397 g/mol. The van der Waals surface area contributed by atoms with E-state index >= 15 is 0 Å². The number of fused-ring (bicyclic) bond motifs is 5. The number of nitrogens with two attached hydrogens (primary N) is 1. The third-order valence-corrected chi connectivity index (χ3v) is 9.57. The van der Waals surface area contributed by atoms with Gasteiger partial charge < -0.3 is 5.73 Å². The molecular formula is C25H40N4. The van der Waals surface area contributed by atoms with Gasteiger partial charge in [0.2, 0.25) is 5.96 Å². The number of allylic oxidation sites excluding steroid dienone is 4. The number of hydrazone groups is 1. The summed E-state index contributed by atoms with van der Waals surface area (Å²) >= 11 is 0. The van der Waals surface area contributed by atoms with Crippen molar-refractivity contribution in [3.63, 3.8) is 0 Å². The molecule has 4 saturated carbocycles. The predicted octanol–water partition coefficient (Wildman–Crippen LogP) is 5.62. The van der Waals surface area contributed by atoms with E-state index in [2.05, 4.69) is 36.5 Å². The predicted molar refractivity (Wildman–Crippen MR) is 122 cm³/mol. The summed E-state index contributed by atoms with van der Waals surface area (Å²) in [6, 6.07) is 0. The molecule has 0 spiro atoms. The Kier molecular flexibility index (Phi) is 5.90. The first-order chi connectivity index (χ1) is 13.9. The summed E-state index contributed by atoms with van der Waals surface area (Å²) in [6.45, 7) is 5.28. The Morgan fingerprint density at radius 3 is 2.59 bits per heavy atom. The highest BCUT2D eigenvalue weighted by Crippen LogP contribution is 2.67. The number of nitrogens with one attached hydrogen (secondary N) is 2. The molecule has 4 N–H and O–H groups in total. The number of hydrogen-bond acceptors (Lipinski definition) is 2. The normalized spacial score (nSPS) is 44.7. The Hall–Kier alpha value is -1.58. The molecule has 0 unspecified atom stereocenters. The minimum Gasteiger partial charge on any atom is -0.369 e. The molecule has 0 saturated heterocycles. The van der Waals surface area contributed by atoms with Crippen LogP contribution in [0.3, 0.4) is 0 Å². The van der Waals surface area contributed by atoms with E-state index in [-0.39, 0.29) is 5.96 Å². The summed E-state index contributed by atoms with van der Waals surface area (Å²) < 4.78 is 0. The Morgan fingerprint density at radius 1 is 0.931 bits per heavy atom. The molecule has 0 aromatic rings. The largest absolute Gasteiger partial charge is 0.369 e. The maximum absolute atomic E-state index is 7.07. The quantitative estimate of drug-likeness (QED) is 0.250. The van der Waals surface area contributed by atoms with Gasteiger partial charge in [-0.1, -0.05) is 44.9 Å². The van der Waals surface area contributed by atoms with Crippen molar-refractivity contribution in [2.24, 2.45) is 51.3 Å². The highest BCUT2D eigenvalue weighted by atomic mass is 15.3. The van der Waals surface area contributed by atoms with Gasteiger partial charge in [0.1, 0.15) is 0 Å². The number of guanidine groups is 1. The number of rotatable bonds is 4. The minimum atomic E-state index is -0.137. The van der Waals surface area contributed by atoms with E-state index in [0.29, 0.717) is 16.7 Å². The molecule has 0 aromatic heterocycles. The summed E-state index contributed by atoms with van der Waals surface area (Å²) in [6.07, 6.45) is 24.9. The molecule has 4 aliphatic carbocycles. The van der Waals surface area contributed by atoms with E-state index in [0.717, 1.165) is 23.7 Å². The van der Waals surface area contributed by atoms with Gasteiger partial charge >= 0.3 is 0 Å². The van der Waals surface area contributed by atoms with Crippen molar-refractivity contribution in [2.75, 3.05) is 0 Å². The van der Waals surface area contributed by atoms with Gasteiger partial charge in [0.25, 0.3) is 0 Å². The van der Waals surface area contributed by atoms with Crippen LogP contribution in [-0.4, -0.2) is 12.2 Å². The van der Waals surface area contributed by atoms with Crippen molar-refractivity contribution < 1.29 is 0 Å². The Bertz CT molecular complexity index is 695. The fourth-order valence-electron chi connectivity index (χ4n) is 8.11. The molecule has 0 aromatic carbocycles. The summed E-state index contributed by atoms with van der Waals surface area (Å²) in [5, 5.41) is 10.9. The van der Waals surface area contributed by atoms with Gasteiger partial charge in [0.15, 0.2) is 0 Å². The van der Waals surface area contributed by atoms with Crippen LogP contribution in [0.2, 0.25) is 0 Å². The SMILES string of the molecule is C[C@]12CCCC[C@H]1CC[C@H]1[C@H]3CC[C@@H](/C=C/C=C/C=N/NC(=N)N)[C@@]3(C)CC[C@@H]12. The first kappa shape index (κ1) is 20.7. The maximum atomic E-state index is 7.07. The van der Waals surface area contributed by atoms with E-state index in [1.165, 1.54) is 64.2 Å². The van der Waals surface area contributed by atoms with Crippen LogP contribution in [0.5, 0.6) is 0 Å². The molecule has 4 nitrogen and oxygen atoms in total. The van der Waals surface area contributed by atoms with Crippen molar-refractivity contribution in [1.29, 1.82) is 5.41 Å². The Morgan fingerprint density at radius 2 is 1.76 bits per heavy atom. The zero-order valence-electron chi connectivity index (χ0n) is 18.4. The summed E-state index contributed by atoms with van der Waals surface area (Å²) in [5.74, 6) is 4.49. The van der Waals surface area contributed by atoms with Crippen LogP contribution in [0.4, 0.5) is 0 Å². The van der Waals surface area contributed by atoms with E-state index in [1.807, 2.05) is 12.2 Å². The van der Waals surface area contributed by atoms with Crippen LogP contribution in [0.1, 0.15) is 78.1 Å². The zero-order chi connectivity index (χ0) is 20.5. The average Bonchev–Trinajstić information content (AvgIpc) is 3.03. The molecule has 0 radical (unpaired) electrons. The molecule has 160 valence electrons. The van der Waals surface area contributed by atoms with Crippen LogP contribution in [0.25, 0.3) is 0 Å². The first-order valence-corrected chi connectivity index (χ1v) is 11.9. The van der Waals surface area contributed by atoms with Gasteiger partial charge in [-0.3, -0.25) is 5.41 Å². The Balaban J connectivity index is 1.41. The first-order valence-electron chi connectivity index (χ1n) is 11.9. The third-order valence-electron chi connectivity index (χ3n) is 9.57. The van der Waals surface area contributed by atoms with Crippen molar-refractivity contribution in [3.05, 3.63) is 24.3 Å². The standard InChI is InChI=1S/C25H40N4/c1-24-15-6-5-9-18(24)10-12-20-21-13-11-19(25(21,2)16-14-22(20)24)8-4-3-7-17-28-29-23(26)27/h3-4,7-8,17-22H,5-6,9-16H2,1-2H3,(H4,26,27,29)/b7-3+,8-4+,28-17+/t18-,19+,20-,21+,22-,24-,25+/m0/s1. The molecule has 0 heterocycles. The number of hydrogen-bond donors (Lipinski definition) is 3. The summed E-state index contributed by atoms with van der Waals surface area (Å²) in [7, 11) is 0. The molecule has 4 heteroatoms. The third kappa shape index (κ3) is 3.80. The van der Waals surface area contributed by atoms with Crippen LogP contribution in [0.15, 0.2) is 29.4 Å². The highest BCUT2D eigenvalue weighted by molar-refractivity contribution is 5.77. The van der Waals surface area contributed by atoms with Crippen LogP contribution >= 0.6 is 0 Å². The van der Waals surface area contributed by atoms with E-state index in [1.54, 1.807) is 6.21 Å². The van der Waals surface area contributed by atoms with Gasteiger partial charge in [-0.15, -0.1) is 0 Å². The second kappa shape index (κ2) is 8.28. The van der Waals surface area contributed by atoms with Crippen molar-refractivity contribution in [3.8, 4) is 0 Å². The number of nitrogens with zero attached hydrogens (tertiary/aromatic N) is 1. The molecule has 0 aliphatic heterocycles. The molecule has 4 fully saturated rings. The van der Waals surface area contributed by atoms with Crippen LogP contribution in [0, 0.1) is 45.8 Å². The second-order valence-electron chi connectivity index (χ2n) is 10.7. The van der Waals surface area contributed by atoms with Gasteiger partial charge in [0, 0.05) is 6.21 Å². The van der Waals surface area contributed by atoms with E-state index in [9.17, 15) is 0 Å². The summed E-state index contributed by atoms with van der Waals surface area (Å²) in [4.78, 5) is 0. The van der Waals surface area contributed by atoms with E-state index < -0.39 is 0 Å². The van der Waals surface area contributed by atoms with Gasteiger partial charge in [0.05, 0.1) is 0 Å². The molecular weight excluding hydrogens is 356 g/mol. The zero-order valence-corrected chi connectivity index (χ0v) is 18.4. The fourth-order valence-corrected chi connectivity index (χ4v) is 8.11. The van der Waals surface area contributed by atoms with Gasteiger partial charge in [-0.05, 0) is 97.9 Å². The maximum Gasteiger partial charge on any atom is 0.206 e. The highest BCUT2D eigenvalue weighted by Gasteiger charge is 2.59. The lowest BCUT2D eigenvalue weighted by molar-refractivity contribution is -0.107. The van der Waals surface area contributed by atoms with Gasteiger partial charge in [-0.25, -0.2) is 5.43 Å². The van der Waals surface area contributed by atoms with Gasteiger partial charge in [-0.2, -0.15) is 5.10 Å². The molecule has 4 rings (SSSR count). The molecule has 0 bridgehead atoms. The lowest BCUT2D eigenvalue weighted by Gasteiger charge is -2.60. The second-order valence-corrected chi connectivity index (χ2v) is 10.7. The van der Waals surface area contributed by atoms with E-state index in [4.69, 9.17) is 11.1 Å². The van der Waals surface area contributed by atoms with Crippen LogP contribution < -0.4 is 11.2 Å². The topological polar surface area (TPSA) is 74.3 Å². The lowest BCUT2D eigenvalue weighted by atomic mass is 9.45. The van der Waals surface area contributed by atoms with Crippen molar-refractivity contribution in [2.45, 2.75) is 78.1 Å². The fraction of sp³-hybridized carbons (Fsp3) is 0.760. The minimum absolute atomic E-state index is 0.137. The van der Waals surface area contributed by atoms with Crippen molar-refractivity contribution in [1.82, 2.24) is 5.43 Å². The smallest absolute Gasteiger partial charge is 0.206 e. The molecule has 29 heavy (non-hydrogen) atoms. The summed E-state index contributed by atoms with van der Waals surface area (Å²) in [5.41, 5.74) is 8.77. The van der Waals surface area contributed by atoms with Crippen molar-refractivity contribution >= 4 is 12.2 Å². The Labute approximate surface area is 177 Å². The lowest BCUT2D eigenvalue weighted by Crippen LogP contribution is -2.52. The molecule has 0 amide bonds. The molecule has 7 atom stereocenters. The van der Waals surface area contributed by atoms with Crippen LogP contribution in [-0.2, 0) is 0 Å².